The number of nitrogens with one attached hydrogen (secondary N) is 2. The molecule has 24 heavy (non-hydrogen) atoms. The topological polar surface area (TPSA) is 95.5 Å². The Morgan fingerprint density at radius 2 is 1.62 bits per heavy atom. The summed E-state index contributed by atoms with van der Waals surface area (Å²) in [7, 11) is 0. The van der Waals surface area contributed by atoms with Crippen LogP contribution >= 0.6 is 0 Å². The Hall–Kier alpha value is -3.25. The molecule has 0 saturated carbocycles. The summed E-state index contributed by atoms with van der Waals surface area (Å²) in [5, 5.41) is 11.5. The van der Waals surface area contributed by atoms with Crippen LogP contribution in [0.15, 0.2) is 60.3 Å². The van der Waals surface area contributed by atoms with Gasteiger partial charge < -0.3 is 5.32 Å². The highest BCUT2D eigenvalue weighted by atomic mass is 16.5. The van der Waals surface area contributed by atoms with Crippen molar-refractivity contribution in [1.82, 2.24) is 10.8 Å². The van der Waals surface area contributed by atoms with Crippen molar-refractivity contribution in [3.8, 4) is 0 Å². The van der Waals surface area contributed by atoms with Crippen LogP contribution in [-0.2, 0) is 6.54 Å². The fourth-order valence-corrected chi connectivity index (χ4v) is 2.48. The molecule has 0 fully saturated rings. The van der Waals surface area contributed by atoms with Gasteiger partial charge in [-0.2, -0.15) is 0 Å². The lowest BCUT2D eigenvalue weighted by molar-refractivity contribution is 0.0706. The third-order valence-corrected chi connectivity index (χ3v) is 3.76. The first-order valence-corrected chi connectivity index (χ1v) is 7.27. The Labute approximate surface area is 137 Å². The third kappa shape index (κ3) is 2.95. The van der Waals surface area contributed by atoms with E-state index < -0.39 is 5.91 Å². The highest BCUT2D eigenvalue weighted by Crippen LogP contribution is 2.20. The van der Waals surface area contributed by atoms with E-state index in [0.29, 0.717) is 23.2 Å². The zero-order valence-corrected chi connectivity index (χ0v) is 12.6. The van der Waals surface area contributed by atoms with Crippen LogP contribution in [-0.4, -0.2) is 22.7 Å². The van der Waals surface area contributed by atoms with Crippen molar-refractivity contribution < 1.29 is 19.6 Å². The molecule has 6 nitrogen and oxygen atoms in total. The Bertz CT molecular complexity index is 854. The van der Waals surface area contributed by atoms with Crippen LogP contribution in [0.5, 0.6) is 0 Å². The number of carbonyl (C=O) groups excluding carboxylic acids is 3. The van der Waals surface area contributed by atoms with Crippen molar-refractivity contribution in [3.63, 3.8) is 0 Å². The average Bonchev–Trinajstić information content (AvgIpc) is 2.63. The van der Waals surface area contributed by atoms with Gasteiger partial charge in [-0.1, -0.05) is 36.4 Å². The van der Waals surface area contributed by atoms with Crippen molar-refractivity contribution in [2.75, 3.05) is 0 Å². The number of amides is 1. The maximum Gasteiger partial charge on any atom is 0.274 e. The summed E-state index contributed by atoms with van der Waals surface area (Å²) in [6.07, 6.45) is 1.30. The van der Waals surface area contributed by atoms with Crippen molar-refractivity contribution in [2.45, 2.75) is 6.54 Å². The summed E-state index contributed by atoms with van der Waals surface area (Å²) in [5.74, 6) is -1.02. The summed E-state index contributed by atoms with van der Waals surface area (Å²) in [6.45, 7) is 0.327. The number of hydrogen-bond donors (Lipinski definition) is 3. The average molecular weight is 322 g/mol. The monoisotopic (exact) mass is 322 g/mol. The largest absolute Gasteiger partial charge is 0.378 e. The fourth-order valence-electron chi connectivity index (χ4n) is 2.48. The van der Waals surface area contributed by atoms with Crippen molar-refractivity contribution >= 4 is 17.5 Å². The van der Waals surface area contributed by atoms with Crippen molar-refractivity contribution in [2.24, 2.45) is 0 Å². The predicted molar refractivity (Wildman–Crippen MR) is 85.7 cm³/mol. The minimum atomic E-state index is -0.595. The van der Waals surface area contributed by atoms with Crippen LogP contribution < -0.4 is 10.8 Å². The Morgan fingerprint density at radius 1 is 0.958 bits per heavy atom. The highest BCUT2D eigenvalue weighted by Gasteiger charge is 2.24. The van der Waals surface area contributed by atoms with E-state index in [2.05, 4.69) is 5.32 Å². The standard InChI is InChI=1S/C18H14N2O4/c21-16-9-15(17(22)14-4-2-1-3-13(14)16)19-10-11-5-7-12(8-6-11)18(23)20-24/h1-9,19,24H,10H2,(H,20,23). The fraction of sp³-hybridized carbons (Fsp3) is 0.0556. The van der Waals surface area contributed by atoms with Crippen molar-refractivity contribution in [1.29, 1.82) is 0 Å². The van der Waals surface area contributed by atoms with Gasteiger partial charge in [-0.05, 0) is 17.7 Å². The molecule has 0 atom stereocenters. The zero-order valence-electron chi connectivity index (χ0n) is 12.6. The quantitative estimate of drug-likeness (QED) is 0.590. The molecule has 0 aromatic heterocycles. The lowest BCUT2D eigenvalue weighted by atomic mass is 9.92. The molecular formula is C18H14N2O4. The number of Topliss-reactive ketones (excluding diaryl/α,β-unsaturated/α-hetero) is 1. The van der Waals surface area contributed by atoms with E-state index in [1.807, 2.05) is 0 Å². The number of carbonyl (C=O) groups is 3. The first kappa shape index (κ1) is 15.6. The molecule has 0 saturated heterocycles. The number of benzene rings is 2. The Kier molecular flexibility index (Phi) is 4.22. The van der Waals surface area contributed by atoms with E-state index in [4.69, 9.17) is 5.21 Å². The van der Waals surface area contributed by atoms with Crippen LogP contribution in [0.3, 0.4) is 0 Å². The van der Waals surface area contributed by atoms with Gasteiger partial charge in [-0.3, -0.25) is 19.6 Å². The maximum absolute atomic E-state index is 12.4. The lowest BCUT2D eigenvalue weighted by Gasteiger charge is -2.16. The third-order valence-electron chi connectivity index (χ3n) is 3.76. The van der Waals surface area contributed by atoms with Crippen LogP contribution in [0, 0.1) is 0 Å². The van der Waals surface area contributed by atoms with E-state index in [-0.39, 0.29) is 17.3 Å². The zero-order chi connectivity index (χ0) is 17.1. The molecular weight excluding hydrogens is 308 g/mol. The van der Waals surface area contributed by atoms with Crippen LogP contribution in [0.4, 0.5) is 0 Å². The molecule has 2 aromatic carbocycles. The van der Waals surface area contributed by atoms with Gasteiger partial charge in [0, 0.05) is 29.3 Å². The highest BCUT2D eigenvalue weighted by molar-refractivity contribution is 6.24. The van der Waals surface area contributed by atoms with Crippen LogP contribution in [0.2, 0.25) is 0 Å². The Balaban J connectivity index is 1.72. The number of allylic oxidation sites excluding steroid dienone is 2. The molecule has 3 rings (SSSR count). The van der Waals surface area contributed by atoms with Crippen LogP contribution in [0.25, 0.3) is 0 Å². The molecule has 0 bridgehead atoms. The number of ketones is 2. The van der Waals surface area contributed by atoms with Gasteiger partial charge in [-0.15, -0.1) is 0 Å². The predicted octanol–water partition coefficient (Wildman–Crippen LogP) is 1.86. The SMILES string of the molecule is O=C(NO)c1ccc(CNC2=CC(=O)c3ccccc3C2=O)cc1. The smallest absolute Gasteiger partial charge is 0.274 e. The minimum absolute atomic E-state index is 0.206. The molecule has 2 aromatic rings. The van der Waals surface area contributed by atoms with E-state index in [0.717, 1.165) is 5.56 Å². The van der Waals surface area contributed by atoms with Gasteiger partial charge in [0.2, 0.25) is 5.78 Å². The lowest BCUT2D eigenvalue weighted by Crippen LogP contribution is -2.26. The molecule has 0 spiro atoms. The van der Waals surface area contributed by atoms with Gasteiger partial charge in [-0.25, -0.2) is 5.48 Å². The maximum atomic E-state index is 12.4. The van der Waals surface area contributed by atoms with E-state index in [1.165, 1.54) is 6.08 Å². The molecule has 1 amide bonds. The van der Waals surface area contributed by atoms with E-state index >= 15 is 0 Å². The van der Waals surface area contributed by atoms with E-state index in [9.17, 15) is 14.4 Å². The van der Waals surface area contributed by atoms with Gasteiger partial charge in [0.15, 0.2) is 5.78 Å². The molecule has 120 valence electrons. The molecule has 0 heterocycles. The van der Waals surface area contributed by atoms with Gasteiger partial charge in [0.05, 0.1) is 5.70 Å². The molecule has 3 N–H and O–H groups in total. The summed E-state index contributed by atoms with van der Waals surface area (Å²) in [6, 6.07) is 13.2. The number of hydroxylamine groups is 1. The number of hydrogen-bond acceptors (Lipinski definition) is 5. The summed E-state index contributed by atoms with van der Waals surface area (Å²) in [4.78, 5) is 35.7. The second kappa shape index (κ2) is 6.47. The second-order valence-corrected chi connectivity index (χ2v) is 5.29. The molecule has 0 unspecified atom stereocenters. The minimum Gasteiger partial charge on any atom is -0.378 e. The molecule has 1 aliphatic rings. The van der Waals surface area contributed by atoms with Gasteiger partial charge in [0.1, 0.15) is 0 Å². The first-order valence-electron chi connectivity index (χ1n) is 7.27. The normalized spacial score (nSPS) is 13.1. The van der Waals surface area contributed by atoms with E-state index in [1.54, 1.807) is 54.0 Å². The van der Waals surface area contributed by atoms with Gasteiger partial charge >= 0.3 is 0 Å². The summed E-state index contributed by atoms with van der Waals surface area (Å²) >= 11 is 0. The number of rotatable bonds is 4. The molecule has 0 aliphatic heterocycles. The number of fused-ring (bicyclic) bond motifs is 1. The summed E-state index contributed by atoms with van der Waals surface area (Å²) < 4.78 is 0. The van der Waals surface area contributed by atoms with Gasteiger partial charge in [0.25, 0.3) is 5.91 Å². The second-order valence-electron chi connectivity index (χ2n) is 5.29. The summed E-state index contributed by atoms with van der Waals surface area (Å²) in [5.41, 5.74) is 3.75. The molecule has 6 heteroatoms. The van der Waals surface area contributed by atoms with Crippen molar-refractivity contribution in [3.05, 3.63) is 82.6 Å². The first-order chi connectivity index (χ1) is 11.6. The molecule has 0 radical (unpaired) electrons. The molecule has 1 aliphatic carbocycles. The van der Waals surface area contributed by atoms with Crippen LogP contribution in [0.1, 0.15) is 36.6 Å². The Morgan fingerprint density at radius 3 is 2.29 bits per heavy atom.